The topological polar surface area (TPSA) is 61.7 Å². The molecule has 3 heterocycles. The van der Waals surface area contributed by atoms with Crippen LogP contribution in [0.4, 0.5) is 4.79 Å². The number of urea groups is 1. The van der Waals surface area contributed by atoms with Gasteiger partial charge in [-0.3, -0.25) is 0 Å². The lowest BCUT2D eigenvalue weighted by Crippen LogP contribution is -2.39. The van der Waals surface area contributed by atoms with Crippen LogP contribution >= 0.6 is 0 Å². The third-order valence-electron chi connectivity index (χ3n) is 5.18. The number of fused-ring (bicyclic) bond motifs is 1. The summed E-state index contributed by atoms with van der Waals surface area (Å²) < 4.78 is 2.00. The van der Waals surface area contributed by atoms with Gasteiger partial charge in [0.1, 0.15) is 5.65 Å². The molecule has 26 heavy (non-hydrogen) atoms. The summed E-state index contributed by atoms with van der Waals surface area (Å²) in [4.78, 5) is 19.0. The molecule has 3 rings (SSSR count). The lowest BCUT2D eigenvalue weighted by molar-refractivity contribution is 0.158. The Morgan fingerprint density at radius 2 is 2.12 bits per heavy atom. The molecular formula is C20H31N5O. The van der Waals surface area contributed by atoms with Crippen LogP contribution in [-0.2, 0) is 6.42 Å². The van der Waals surface area contributed by atoms with Gasteiger partial charge in [-0.15, -0.1) is 0 Å². The normalized spacial score (nSPS) is 18.1. The molecule has 0 spiro atoms. The van der Waals surface area contributed by atoms with Crippen molar-refractivity contribution in [3.8, 4) is 0 Å². The van der Waals surface area contributed by atoms with E-state index >= 15 is 0 Å². The SMILES string of the molecule is CC1CCCCN1CCCCNC(=O)NCCc1cn2ccccc2n1. The molecule has 1 atom stereocenters. The highest BCUT2D eigenvalue weighted by Gasteiger charge is 2.16. The number of carbonyl (C=O) groups is 1. The van der Waals surface area contributed by atoms with Crippen molar-refractivity contribution in [1.82, 2.24) is 24.9 Å². The molecule has 142 valence electrons. The number of rotatable bonds is 8. The van der Waals surface area contributed by atoms with Crippen LogP contribution in [0.3, 0.4) is 0 Å². The monoisotopic (exact) mass is 357 g/mol. The molecule has 6 nitrogen and oxygen atoms in total. The molecule has 2 aromatic heterocycles. The maximum absolute atomic E-state index is 11.9. The second-order valence-corrected chi connectivity index (χ2v) is 7.22. The van der Waals surface area contributed by atoms with Crippen molar-refractivity contribution in [2.24, 2.45) is 0 Å². The molecule has 6 heteroatoms. The van der Waals surface area contributed by atoms with E-state index in [9.17, 15) is 4.79 Å². The smallest absolute Gasteiger partial charge is 0.314 e. The quantitative estimate of drug-likeness (QED) is 0.714. The standard InChI is InChI=1S/C20H31N5O/c1-17-8-2-5-13-24(17)14-7-4-11-21-20(26)22-12-10-18-16-25-15-6-3-9-19(25)23-18/h3,6,9,15-17H,2,4-5,7-8,10-14H2,1H3,(H2,21,22,26). The number of nitrogens with one attached hydrogen (secondary N) is 2. The van der Waals surface area contributed by atoms with Gasteiger partial charge in [0.25, 0.3) is 0 Å². The number of nitrogens with zero attached hydrogens (tertiary/aromatic N) is 3. The molecule has 1 aliphatic rings. The highest BCUT2D eigenvalue weighted by molar-refractivity contribution is 5.73. The van der Waals surface area contributed by atoms with Gasteiger partial charge in [0, 0.05) is 37.9 Å². The van der Waals surface area contributed by atoms with E-state index in [0.29, 0.717) is 6.54 Å². The number of likely N-dealkylation sites (tertiary alicyclic amines) is 1. The Hall–Kier alpha value is -2.08. The zero-order valence-corrected chi connectivity index (χ0v) is 15.8. The van der Waals surface area contributed by atoms with E-state index in [4.69, 9.17) is 0 Å². The maximum atomic E-state index is 11.9. The van der Waals surface area contributed by atoms with Crippen molar-refractivity contribution in [2.45, 2.75) is 51.5 Å². The zero-order valence-electron chi connectivity index (χ0n) is 15.8. The first kappa shape index (κ1) is 18.7. The zero-order chi connectivity index (χ0) is 18.2. The summed E-state index contributed by atoms with van der Waals surface area (Å²) in [6, 6.07) is 6.58. The fraction of sp³-hybridized carbons (Fsp3) is 0.600. The predicted octanol–water partition coefficient (Wildman–Crippen LogP) is 2.83. The summed E-state index contributed by atoms with van der Waals surface area (Å²) in [5.74, 6) is 0. The number of hydrogen-bond donors (Lipinski definition) is 2. The average molecular weight is 358 g/mol. The first-order valence-corrected chi connectivity index (χ1v) is 9.91. The number of hydrogen-bond acceptors (Lipinski definition) is 3. The van der Waals surface area contributed by atoms with Crippen LogP contribution in [0.1, 0.15) is 44.7 Å². The van der Waals surface area contributed by atoms with E-state index in [2.05, 4.69) is 27.4 Å². The van der Waals surface area contributed by atoms with E-state index in [-0.39, 0.29) is 6.03 Å². The third kappa shape index (κ3) is 5.46. The highest BCUT2D eigenvalue weighted by atomic mass is 16.2. The van der Waals surface area contributed by atoms with Gasteiger partial charge in [-0.25, -0.2) is 9.78 Å². The number of carbonyl (C=O) groups excluding carboxylic acids is 1. The fourth-order valence-electron chi connectivity index (χ4n) is 3.61. The van der Waals surface area contributed by atoms with Crippen LogP contribution in [0.25, 0.3) is 5.65 Å². The van der Waals surface area contributed by atoms with Crippen LogP contribution in [0.15, 0.2) is 30.6 Å². The summed E-state index contributed by atoms with van der Waals surface area (Å²) in [6.45, 7) is 6.05. The van der Waals surface area contributed by atoms with Crippen molar-refractivity contribution in [2.75, 3.05) is 26.2 Å². The summed E-state index contributed by atoms with van der Waals surface area (Å²) >= 11 is 0. The first-order valence-electron chi connectivity index (χ1n) is 9.91. The number of aromatic nitrogens is 2. The van der Waals surface area contributed by atoms with Crippen LogP contribution in [0, 0.1) is 0 Å². The van der Waals surface area contributed by atoms with Gasteiger partial charge in [-0.05, 0) is 57.8 Å². The van der Waals surface area contributed by atoms with Crippen LogP contribution in [-0.4, -0.2) is 52.5 Å². The lowest BCUT2D eigenvalue weighted by Gasteiger charge is -2.33. The molecule has 0 aromatic carbocycles. The number of pyridine rings is 1. The molecule has 1 saturated heterocycles. The summed E-state index contributed by atoms with van der Waals surface area (Å²) in [5, 5.41) is 5.86. The van der Waals surface area contributed by atoms with Crippen molar-refractivity contribution in [3.05, 3.63) is 36.3 Å². The Bertz CT molecular complexity index is 665. The van der Waals surface area contributed by atoms with Crippen molar-refractivity contribution < 1.29 is 4.79 Å². The molecule has 1 aliphatic heterocycles. The van der Waals surface area contributed by atoms with E-state index in [1.165, 1.54) is 25.8 Å². The van der Waals surface area contributed by atoms with Crippen molar-refractivity contribution in [1.29, 1.82) is 0 Å². The number of piperidine rings is 1. The Balaban J connectivity index is 1.25. The Morgan fingerprint density at radius 1 is 1.23 bits per heavy atom. The molecular weight excluding hydrogens is 326 g/mol. The minimum Gasteiger partial charge on any atom is -0.338 e. The largest absolute Gasteiger partial charge is 0.338 e. The Kier molecular flexibility index (Phi) is 6.89. The van der Waals surface area contributed by atoms with E-state index in [1.54, 1.807) is 0 Å². The average Bonchev–Trinajstić information content (AvgIpc) is 3.05. The predicted molar refractivity (Wildman–Crippen MR) is 104 cm³/mol. The van der Waals surface area contributed by atoms with Crippen molar-refractivity contribution >= 4 is 11.7 Å². The van der Waals surface area contributed by atoms with Gasteiger partial charge >= 0.3 is 6.03 Å². The summed E-state index contributed by atoms with van der Waals surface area (Å²) in [7, 11) is 0. The van der Waals surface area contributed by atoms with Gasteiger partial charge in [-0.1, -0.05) is 12.5 Å². The minimum absolute atomic E-state index is 0.0832. The van der Waals surface area contributed by atoms with Crippen LogP contribution < -0.4 is 10.6 Å². The molecule has 2 aromatic rings. The van der Waals surface area contributed by atoms with E-state index < -0.39 is 0 Å². The third-order valence-corrected chi connectivity index (χ3v) is 5.18. The van der Waals surface area contributed by atoms with Crippen LogP contribution in [0.5, 0.6) is 0 Å². The molecule has 1 fully saturated rings. The molecule has 2 N–H and O–H groups in total. The number of amides is 2. The van der Waals surface area contributed by atoms with Gasteiger partial charge in [0.15, 0.2) is 0 Å². The van der Waals surface area contributed by atoms with E-state index in [1.807, 2.05) is 35.0 Å². The molecule has 0 radical (unpaired) electrons. The Labute approximate surface area is 156 Å². The number of imidazole rings is 1. The lowest BCUT2D eigenvalue weighted by atomic mass is 10.0. The Morgan fingerprint density at radius 3 is 2.96 bits per heavy atom. The first-order chi connectivity index (χ1) is 12.7. The number of unbranched alkanes of at least 4 members (excludes halogenated alkanes) is 1. The molecule has 2 amide bonds. The summed E-state index contributed by atoms with van der Waals surface area (Å²) in [5.41, 5.74) is 1.93. The summed E-state index contributed by atoms with van der Waals surface area (Å²) in [6.07, 6.45) is 10.9. The molecule has 0 bridgehead atoms. The van der Waals surface area contributed by atoms with Crippen molar-refractivity contribution in [3.63, 3.8) is 0 Å². The molecule has 0 saturated carbocycles. The minimum atomic E-state index is -0.0832. The van der Waals surface area contributed by atoms with Gasteiger partial charge in [0.2, 0.25) is 0 Å². The molecule has 0 aliphatic carbocycles. The second kappa shape index (κ2) is 9.57. The van der Waals surface area contributed by atoms with E-state index in [0.717, 1.165) is 49.7 Å². The highest BCUT2D eigenvalue weighted by Crippen LogP contribution is 2.16. The molecule has 1 unspecified atom stereocenters. The van der Waals surface area contributed by atoms with Crippen LogP contribution in [0.2, 0.25) is 0 Å². The van der Waals surface area contributed by atoms with Gasteiger partial charge < -0.3 is 19.9 Å². The second-order valence-electron chi connectivity index (χ2n) is 7.22. The van der Waals surface area contributed by atoms with Gasteiger partial charge in [-0.2, -0.15) is 0 Å². The maximum Gasteiger partial charge on any atom is 0.314 e. The fourth-order valence-corrected chi connectivity index (χ4v) is 3.61. The van der Waals surface area contributed by atoms with Gasteiger partial charge in [0.05, 0.1) is 5.69 Å².